The molecule has 0 radical (unpaired) electrons. The van der Waals surface area contributed by atoms with Crippen molar-refractivity contribution in [3.8, 4) is 0 Å². The van der Waals surface area contributed by atoms with Gasteiger partial charge in [0.15, 0.2) is 0 Å². The first-order valence-corrected chi connectivity index (χ1v) is 7.71. The summed E-state index contributed by atoms with van der Waals surface area (Å²) in [5, 5.41) is 10.5. The van der Waals surface area contributed by atoms with Crippen molar-refractivity contribution in [2.75, 3.05) is 13.1 Å². The molecule has 0 bridgehead atoms. The van der Waals surface area contributed by atoms with Crippen LogP contribution in [0.25, 0.3) is 0 Å². The van der Waals surface area contributed by atoms with Crippen molar-refractivity contribution in [2.24, 2.45) is 5.92 Å². The molecule has 1 aliphatic carbocycles. The molecular weight excluding hydrogens is 252 g/mol. The van der Waals surface area contributed by atoms with Gasteiger partial charge in [0, 0.05) is 37.7 Å². The van der Waals surface area contributed by atoms with E-state index in [1.165, 1.54) is 17.7 Å². The zero-order valence-electron chi connectivity index (χ0n) is 12.4. The van der Waals surface area contributed by atoms with E-state index in [9.17, 15) is 4.79 Å². The predicted molar refractivity (Wildman–Crippen MR) is 77.4 cm³/mol. The van der Waals surface area contributed by atoms with Crippen LogP contribution in [0.2, 0.25) is 0 Å². The number of amides is 1. The minimum atomic E-state index is 0.0884. The third-order valence-electron chi connectivity index (χ3n) is 4.77. The maximum Gasteiger partial charge on any atom is 0.217 e. The minimum Gasteiger partial charge on any atom is -0.353 e. The molecule has 1 fully saturated rings. The number of carbonyl (C=O) groups is 1. The maximum absolute atomic E-state index is 11.4. The van der Waals surface area contributed by atoms with Crippen molar-refractivity contribution in [2.45, 2.75) is 51.6 Å². The number of carbonyl (C=O) groups excluding carboxylic acids is 1. The molecule has 1 aliphatic heterocycles. The topological polar surface area (TPSA) is 61.0 Å². The number of fused-ring (bicyclic) bond motifs is 2. The van der Waals surface area contributed by atoms with Crippen LogP contribution in [0.4, 0.5) is 0 Å². The van der Waals surface area contributed by atoms with Gasteiger partial charge in [-0.2, -0.15) is 5.10 Å². The Morgan fingerprint density at radius 3 is 3.15 bits per heavy atom. The number of hydrogen-bond acceptors (Lipinski definition) is 3. The zero-order chi connectivity index (χ0) is 14.1. The standard InChI is InChI=1S/C15H24N4O/c1-3-5-19-6-4-13(17-10(2)20)12-8-14-11(7-15(12)19)9-16-18-14/h9,12-13,15H,3-8H2,1-2H3,(H,16,18)(H,17,20). The first-order chi connectivity index (χ1) is 9.69. The SMILES string of the molecule is CCCN1CCC(NC(C)=O)C2Cc3n[nH]cc3CC21. The summed E-state index contributed by atoms with van der Waals surface area (Å²) in [6.45, 7) is 6.10. The van der Waals surface area contributed by atoms with Crippen molar-refractivity contribution >= 4 is 5.91 Å². The summed E-state index contributed by atoms with van der Waals surface area (Å²) < 4.78 is 0. The van der Waals surface area contributed by atoms with Gasteiger partial charge in [-0.15, -0.1) is 0 Å². The lowest BCUT2D eigenvalue weighted by Crippen LogP contribution is -2.59. The summed E-state index contributed by atoms with van der Waals surface area (Å²) >= 11 is 0. The van der Waals surface area contributed by atoms with E-state index in [1.807, 2.05) is 6.20 Å². The average molecular weight is 276 g/mol. The minimum absolute atomic E-state index is 0.0884. The number of rotatable bonds is 3. The van der Waals surface area contributed by atoms with Gasteiger partial charge in [0.25, 0.3) is 0 Å². The van der Waals surface area contributed by atoms with Crippen LogP contribution >= 0.6 is 0 Å². The maximum atomic E-state index is 11.4. The Morgan fingerprint density at radius 1 is 1.55 bits per heavy atom. The van der Waals surface area contributed by atoms with E-state index in [4.69, 9.17) is 0 Å². The molecule has 1 saturated heterocycles. The summed E-state index contributed by atoms with van der Waals surface area (Å²) in [5.41, 5.74) is 2.55. The van der Waals surface area contributed by atoms with E-state index in [1.54, 1.807) is 6.92 Å². The van der Waals surface area contributed by atoms with Crippen LogP contribution in [0.1, 0.15) is 37.9 Å². The molecule has 1 aromatic rings. The fraction of sp³-hybridized carbons (Fsp3) is 0.733. The highest BCUT2D eigenvalue weighted by molar-refractivity contribution is 5.73. The Hall–Kier alpha value is -1.36. The number of H-pyrrole nitrogens is 1. The molecule has 5 nitrogen and oxygen atoms in total. The van der Waals surface area contributed by atoms with Gasteiger partial charge >= 0.3 is 0 Å². The lowest BCUT2D eigenvalue weighted by molar-refractivity contribution is -0.120. The van der Waals surface area contributed by atoms with E-state index in [0.29, 0.717) is 18.0 Å². The molecular formula is C15H24N4O. The number of piperidine rings is 1. The first kappa shape index (κ1) is 13.6. The molecule has 0 aromatic carbocycles. The van der Waals surface area contributed by atoms with Gasteiger partial charge in [-0.1, -0.05) is 6.92 Å². The molecule has 3 atom stereocenters. The fourth-order valence-corrected chi connectivity index (χ4v) is 3.93. The highest BCUT2D eigenvalue weighted by atomic mass is 16.1. The van der Waals surface area contributed by atoms with Gasteiger partial charge in [0.05, 0.1) is 5.69 Å². The molecule has 3 unspecified atom stereocenters. The zero-order valence-corrected chi connectivity index (χ0v) is 12.4. The normalized spacial score (nSPS) is 29.6. The molecule has 0 saturated carbocycles. The summed E-state index contributed by atoms with van der Waals surface area (Å²) in [4.78, 5) is 14.1. The molecule has 1 aromatic heterocycles. The summed E-state index contributed by atoms with van der Waals surface area (Å²) in [6.07, 6.45) is 6.33. The van der Waals surface area contributed by atoms with Gasteiger partial charge in [0.2, 0.25) is 5.91 Å². The number of aromatic amines is 1. The van der Waals surface area contributed by atoms with Crippen molar-refractivity contribution in [3.05, 3.63) is 17.5 Å². The van der Waals surface area contributed by atoms with Gasteiger partial charge in [-0.05, 0) is 37.8 Å². The first-order valence-electron chi connectivity index (χ1n) is 7.71. The second kappa shape index (κ2) is 5.56. The van der Waals surface area contributed by atoms with Crippen LogP contribution in [-0.4, -0.2) is 46.2 Å². The van der Waals surface area contributed by atoms with Crippen LogP contribution in [0.5, 0.6) is 0 Å². The fourth-order valence-electron chi connectivity index (χ4n) is 3.93. The van der Waals surface area contributed by atoms with Gasteiger partial charge in [0.1, 0.15) is 0 Å². The Bertz CT molecular complexity index is 484. The molecule has 1 amide bonds. The lowest BCUT2D eigenvalue weighted by atomic mass is 9.74. The van der Waals surface area contributed by atoms with Gasteiger partial charge < -0.3 is 5.32 Å². The van der Waals surface area contributed by atoms with Crippen LogP contribution in [-0.2, 0) is 17.6 Å². The summed E-state index contributed by atoms with van der Waals surface area (Å²) in [6, 6.07) is 0.848. The quantitative estimate of drug-likeness (QED) is 0.869. The van der Waals surface area contributed by atoms with Gasteiger partial charge in [-0.3, -0.25) is 14.8 Å². The smallest absolute Gasteiger partial charge is 0.217 e. The number of nitrogens with one attached hydrogen (secondary N) is 2. The van der Waals surface area contributed by atoms with E-state index in [-0.39, 0.29) is 5.91 Å². The molecule has 110 valence electrons. The number of likely N-dealkylation sites (tertiary alicyclic amines) is 1. The third-order valence-corrected chi connectivity index (χ3v) is 4.77. The highest BCUT2D eigenvalue weighted by Crippen LogP contribution is 2.34. The molecule has 20 heavy (non-hydrogen) atoms. The Morgan fingerprint density at radius 2 is 2.40 bits per heavy atom. The summed E-state index contributed by atoms with van der Waals surface area (Å²) in [5.74, 6) is 0.584. The Balaban J connectivity index is 1.83. The Labute approximate surface area is 120 Å². The lowest BCUT2D eigenvalue weighted by Gasteiger charge is -2.47. The molecule has 2 aliphatic rings. The molecule has 5 heteroatoms. The van der Waals surface area contributed by atoms with E-state index >= 15 is 0 Å². The van der Waals surface area contributed by atoms with Crippen LogP contribution in [0.3, 0.4) is 0 Å². The largest absolute Gasteiger partial charge is 0.353 e. The predicted octanol–water partition coefficient (Wildman–Crippen LogP) is 1.11. The number of hydrogen-bond donors (Lipinski definition) is 2. The molecule has 0 spiro atoms. The second-order valence-corrected chi connectivity index (χ2v) is 6.13. The summed E-state index contributed by atoms with van der Waals surface area (Å²) in [7, 11) is 0. The monoisotopic (exact) mass is 276 g/mol. The van der Waals surface area contributed by atoms with Gasteiger partial charge in [-0.25, -0.2) is 0 Å². The van der Waals surface area contributed by atoms with E-state index in [0.717, 1.165) is 32.4 Å². The highest BCUT2D eigenvalue weighted by Gasteiger charge is 2.41. The molecule has 3 rings (SSSR count). The van der Waals surface area contributed by atoms with Crippen molar-refractivity contribution in [3.63, 3.8) is 0 Å². The van der Waals surface area contributed by atoms with Crippen molar-refractivity contribution in [1.82, 2.24) is 20.4 Å². The molecule has 2 N–H and O–H groups in total. The number of aromatic nitrogens is 2. The second-order valence-electron chi connectivity index (χ2n) is 6.13. The van der Waals surface area contributed by atoms with Crippen LogP contribution < -0.4 is 5.32 Å². The van der Waals surface area contributed by atoms with E-state index < -0.39 is 0 Å². The van der Waals surface area contributed by atoms with Crippen molar-refractivity contribution < 1.29 is 4.79 Å². The third kappa shape index (κ3) is 2.46. The van der Waals surface area contributed by atoms with Crippen LogP contribution in [0.15, 0.2) is 6.20 Å². The van der Waals surface area contributed by atoms with Crippen LogP contribution in [0, 0.1) is 5.92 Å². The number of nitrogens with zero attached hydrogens (tertiary/aromatic N) is 2. The van der Waals surface area contributed by atoms with Crippen molar-refractivity contribution in [1.29, 1.82) is 0 Å². The molecule has 2 heterocycles. The Kier molecular flexibility index (Phi) is 3.78. The van der Waals surface area contributed by atoms with E-state index in [2.05, 4.69) is 27.3 Å². The average Bonchev–Trinajstić information content (AvgIpc) is 2.86.